The van der Waals surface area contributed by atoms with E-state index in [0.29, 0.717) is 29.2 Å². The molecule has 0 aromatic heterocycles. The summed E-state index contributed by atoms with van der Waals surface area (Å²) in [7, 11) is 0. The molecule has 7 heteroatoms. The Morgan fingerprint density at radius 2 is 1.69 bits per heavy atom. The van der Waals surface area contributed by atoms with E-state index < -0.39 is 30.4 Å². The normalized spacial score (nSPS) is 15.5. The van der Waals surface area contributed by atoms with E-state index in [-0.39, 0.29) is 6.54 Å². The number of carbonyl (C=O) groups excluding carboxylic acids is 3. The van der Waals surface area contributed by atoms with Crippen LogP contribution in [0.1, 0.15) is 17.0 Å². The van der Waals surface area contributed by atoms with Gasteiger partial charge in [-0.1, -0.05) is 36.4 Å². The number of carbonyl (C=O) groups is 3. The van der Waals surface area contributed by atoms with Crippen molar-refractivity contribution in [2.24, 2.45) is 0 Å². The van der Waals surface area contributed by atoms with Crippen LogP contribution in [0.3, 0.4) is 0 Å². The predicted molar refractivity (Wildman–Crippen MR) is 90.9 cm³/mol. The van der Waals surface area contributed by atoms with Crippen LogP contribution in [-0.4, -0.2) is 42.5 Å². The van der Waals surface area contributed by atoms with Crippen molar-refractivity contribution in [1.29, 1.82) is 0 Å². The molecule has 1 N–H and O–H groups in total. The van der Waals surface area contributed by atoms with Crippen molar-refractivity contribution in [2.45, 2.75) is 5.92 Å². The Morgan fingerprint density at radius 1 is 1.08 bits per heavy atom. The van der Waals surface area contributed by atoms with Gasteiger partial charge < -0.3 is 14.8 Å². The summed E-state index contributed by atoms with van der Waals surface area (Å²) in [5.74, 6) is -0.615. The van der Waals surface area contributed by atoms with Gasteiger partial charge in [-0.3, -0.25) is 14.5 Å². The number of nitrogens with one attached hydrogen (secondary N) is 1. The lowest BCUT2D eigenvalue weighted by Crippen LogP contribution is -2.37. The first kappa shape index (κ1) is 16.1. The van der Waals surface area contributed by atoms with Crippen molar-refractivity contribution < 1.29 is 23.9 Å². The number of amides is 3. The average Bonchev–Trinajstić information content (AvgIpc) is 3.10. The maximum Gasteiger partial charge on any atom is 0.324 e. The molecule has 0 radical (unpaired) electrons. The quantitative estimate of drug-likeness (QED) is 0.855. The van der Waals surface area contributed by atoms with Gasteiger partial charge in [0.25, 0.3) is 5.91 Å². The molecule has 0 saturated carbocycles. The molecule has 3 amide bonds. The van der Waals surface area contributed by atoms with Gasteiger partial charge >= 0.3 is 12.0 Å². The van der Waals surface area contributed by atoms with E-state index >= 15 is 0 Å². The number of rotatable bonds is 3. The molecule has 2 aliphatic rings. The Bertz CT molecular complexity index is 850. The smallest absolute Gasteiger partial charge is 0.324 e. The fraction of sp³-hybridized carbons (Fsp3) is 0.211. The van der Waals surface area contributed by atoms with E-state index in [2.05, 4.69) is 5.32 Å². The fourth-order valence-electron chi connectivity index (χ4n) is 3.17. The molecular formula is C19H16N2O5. The minimum atomic E-state index is -0.684. The van der Waals surface area contributed by atoms with Crippen molar-refractivity contribution >= 4 is 17.9 Å². The Labute approximate surface area is 149 Å². The summed E-state index contributed by atoms with van der Waals surface area (Å²) in [6, 6.07) is 14.0. The van der Waals surface area contributed by atoms with E-state index in [1.54, 1.807) is 24.3 Å². The number of urea groups is 1. The number of imide groups is 1. The van der Waals surface area contributed by atoms with Gasteiger partial charge in [0.1, 0.15) is 17.4 Å². The van der Waals surface area contributed by atoms with Gasteiger partial charge in [-0.25, -0.2) is 4.79 Å². The fourth-order valence-corrected chi connectivity index (χ4v) is 3.17. The zero-order valence-electron chi connectivity index (χ0n) is 13.8. The number of ether oxygens (including phenoxy) is 2. The van der Waals surface area contributed by atoms with Crippen molar-refractivity contribution in [3.8, 4) is 11.5 Å². The largest absolute Gasteiger partial charge is 0.457 e. The SMILES string of the molecule is O=C(OCC(=O)N1CCNC1=O)C1c2ccccc2Oc2ccccc21. The number of benzene rings is 2. The molecule has 2 aromatic rings. The first-order chi connectivity index (χ1) is 12.6. The molecule has 132 valence electrons. The van der Waals surface area contributed by atoms with Crippen LogP contribution in [-0.2, 0) is 14.3 Å². The van der Waals surface area contributed by atoms with Gasteiger partial charge in [0, 0.05) is 24.2 Å². The van der Waals surface area contributed by atoms with E-state index in [1.807, 2.05) is 24.3 Å². The van der Waals surface area contributed by atoms with E-state index in [0.717, 1.165) is 4.90 Å². The van der Waals surface area contributed by atoms with Crippen LogP contribution in [0.2, 0.25) is 0 Å². The highest BCUT2D eigenvalue weighted by molar-refractivity contribution is 5.97. The Morgan fingerprint density at radius 3 is 2.27 bits per heavy atom. The number of hydrogen-bond acceptors (Lipinski definition) is 5. The second kappa shape index (κ2) is 6.51. The van der Waals surface area contributed by atoms with Gasteiger partial charge in [0.15, 0.2) is 6.61 Å². The lowest BCUT2D eigenvalue weighted by atomic mass is 9.88. The number of para-hydroxylation sites is 2. The predicted octanol–water partition coefficient (Wildman–Crippen LogP) is 2.02. The summed E-state index contributed by atoms with van der Waals surface area (Å²) in [5.41, 5.74) is 1.37. The minimum absolute atomic E-state index is 0.276. The number of fused-ring (bicyclic) bond motifs is 2. The van der Waals surface area contributed by atoms with Crippen LogP contribution in [0.5, 0.6) is 11.5 Å². The van der Waals surface area contributed by atoms with Crippen molar-refractivity contribution in [3.63, 3.8) is 0 Å². The molecule has 1 fully saturated rings. The number of hydrogen-bond donors (Lipinski definition) is 1. The third kappa shape index (κ3) is 2.77. The zero-order valence-corrected chi connectivity index (χ0v) is 13.8. The Balaban J connectivity index is 1.56. The molecular weight excluding hydrogens is 336 g/mol. The van der Waals surface area contributed by atoms with Crippen LogP contribution in [0, 0.1) is 0 Å². The highest BCUT2D eigenvalue weighted by Crippen LogP contribution is 2.44. The van der Waals surface area contributed by atoms with E-state index in [1.165, 1.54) is 0 Å². The standard InChI is InChI=1S/C19H16N2O5/c22-16(21-10-9-20-19(21)24)11-25-18(23)17-12-5-1-3-7-14(12)26-15-8-4-2-6-13(15)17/h1-8,17H,9-11H2,(H,20,24). The lowest BCUT2D eigenvalue weighted by molar-refractivity contribution is -0.151. The van der Waals surface area contributed by atoms with Crippen molar-refractivity contribution in [1.82, 2.24) is 10.2 Å². The average molecular weight is 352 g/mol. The van der Waals surface area contributed by atoms with Crippen LogP contribution in [0.25, 0.3) is 0 Å². The number of nitrogens with zero attached hydrogens (tertiary/aromatic N) is 1. The maximum atomic E-state index is 12.8. The second-order valence-corrected chi connectivity index (χ2v) is 6.00. The highest BCUT2D eigenvalue weighted by Gasteiger charge is 2.34. The lowest BCUT2D eigenvalue weighted by Gasteiger charge is -2.26. The summed E-state index contributed by atoms with van der Waals surface area (Å²) in [4.78, 5) is 37.4. The summed E-state index contributed by atoms with van der Waals surface area (Å²) in [6.07, 6.45) is 0. The molecule has 1 saturated heterocycles. The van der Waals surface area contributed by atoms with Gasteiger partial charge in [-0.2, -0.15) is 0 Å². The van der Waals surface area contributed by atoms with Crippen LogP contribution in [0.15, 0.2) is 48.5 Å². The second-order valence-electron chi connectivity index (χ2n) is 6.00. The Hall–Kier alpha value is -3.35. The van der Waals surface area contributed by atoms with Crippen LogP contribution >= 0.6 is 0 Å². The van der Waals surface area contributed by atoms with Gasteiger partial charge in [-0.05, 0) is 12.1 Å². The molecule has 0 bridgehead atoms. The monoisotopic (exact) mass is 352 g/mol. The summed E-state index contributed by atoms with van der Waals surface area (Å²) >= 11 is 0. The molecule has 7 nitrogen and oxygen atoms in total. The van der Waals surface area contributed by atoms with Crippen LogP contribution < -0.4 is 10.1 Å². The molecule has 0 aliphatic carbocycles. The van der Waals surface area contributed by atoms with Gasteiger partial charge in [-0.15, -0.1) is 0 Å². The number of esters is 1. The molecule has 2 heterocycles. The first-order valence-electron chi connectivity index (χ1n) is 8.25. The van der Waals surface area contributed by atoms with Crippen molar-refractivity contribution in [2.75, 3.05) is 19.7 Å². The molecule has 0 atom stereocenters. The van der Waals surface area contributed by atoms with E-state index in [4.69, 9.17) is 9.47 Å². The third-order valence-corrected chi connectivity index (χ3v) is 4.41. The molecule has 2 aromatic carbocycles. The molecule has 4 rings (SSSR count). The minimum Gasteiger partial charge on any atom is -0.457 e. The first-order valence-corrected chi connectivity index (χ1v) is 8.25. The Kier molecular flexibility index (Phi) is 4.04. The zero-order chi connectivity index (χ0) is 18.1. The molecule has 0 spiro atoms. The van der Waals surface area contributed by atoms with Gasteiger partial charge in [0.05, 0.1) is 0 Å². The topological polar surface area (TPSA) is 84.9 Å². The summed E-state index contributed by atoms with van der Waals surface area (Å²) in [6.45, 7) is 0.200. The third-order valence-electron chi connectivity index (χ3n) is 4.41. The summed E-state index contributed by atoms with van der Waals surface area (Å²) < 4.78 is 11.1. The maximum absolute atomic E-state index is 12.8. The molecule has 0 unspecified atom stereocenters. The molecule has 2 aliphatic heterocycles. The summed E-state index contributed by atoms with van der Waals surface area (Å²) in [5, 5.41) is 2.54. The molecule has 26 heavy (non-hydrogen) atoms. The van der Waals surface area contributed by atoms with Crippen molar-refractivity contribution in [3.05, 3.63) is 59.7 Å². The van der Waals surface area contributed by atoms with Gasteiger partial charge in [0.2, 0.25) is 0 Å². The van der Waals surface area contributed by atoms with Crippen LogP contribution in [0.4, 0.5) is 4.79 Å². The highest BCUT2D eigenvalue weighted by atomic mass is 16.5. The van der Waals surface area contributed by atoms with E-state index in [9.17, 15) is 14.4 Å².